The minimum atomic E-state index is -0.814. The molecule has 8 heteroatoms. The Hall–Kier alpha value is -5.24. The van der Waals surface area contributed by atoms with Gasteiger partial charge >= 0.3 is 17.9 Å². The molecule has 4 aromatic rings. The van der Waals surface area contributed by atoms with E-state index < -0.39 is 30.5 Å². The summed E-state index contributed by atoms with van der Waals surface area (Å²) in [5, 5.41) is 1.99. The largest absolute Gasteiger partial charge is 0.457 e. The molecule has 4 aromatic carbocycles. The zero-order valence-corrected chi connectivity index (χ0v) is 21.6. The average Bonchev–Trinajstić information content (AvgIpc) is 2.96. The molecule has 0 atom stereocenters. The van der Waals surface area contributed by atoms with Crippen molar-refractivity contribution in [3.63, 3.8) is 0 Å². The second kappa shape index (κ2) is 12.5. The molecule has 0 aliphatic heterocycles. The fourth-order valence-electron chi connectivity index (χ4n) is 3.66. The Bertz CT molecular complexity index is 1610. The smallest absolute Gasteiger partial charge is 0.343 e. The number of esters is 3. The number of hydrogen-bond acceptors (Lipinski definition) is 7. The highest BCUT2D eigenvalue weighted by Crippen LogP contribution is 2.27. The van der Waals surface area contributed by atoms with Crippen LogP contribution in [0.25, 0.3) is 21.9 Å². The molecule has 0 fully saturated rings. The maximum absolute atomic E-state index is 14.4. The molecule has 0 aliphatic rings. The van der Waals surface area contributed by atoms with Crippen LogP contribution in [0.4, 0.5) is 4.39 Å². The monoisotopic (exact) mass is 540 g/mol. The van der Waals surface area contributed by atoms with Crippen molar-refractivity contribution >= 4 is 28.7 Å². The molecule has 0 heterocycles. The van der Waals surface area contributed by atoms with Gasteiger partial charge in [-0.1, -0.05) is 49.6 Å². The average molecular weight is 541 g/mol. The van der Waals surface area contributed by atoms with Crippen molar-refractivity contribution in [2.45, 2.75) is 13.5 Å². The molecule has 0 aromatic heterocycles. The minimum absolute atomic E-state index is 0.0938. The molecule has 0 saturated heterocycles. The van der Waals surface area contributed by atoms with Gasteiger partial charge in [0.25, 0.3) is 0 Å². The van der Waals surface area contributed by atoms with Crippen molar-refractivity contribution in [3.05, 3.63) is 121 Å². The summed E-state index contributed by atoms with van der Waals surface area (Å²) in [5.41, 5.74) is 3.28. The summed E-state index contributed by atoms with van der Waals surface area (Å²) in [6.07, 6.45) is 0.978. The summed E-state index contributed by atoms with van der Waals surface area (Å²) >= 11 is 0. The third kappa shape index (κ3) is 6.99. The van der Waals surface area contributed by atoms with Gasteiger partial charge in [0.05, 0.1) is 5.56 Å². The third-order valence-electron chi connectivity index (χ3n) is 5.78. The van der Waals surface area contributed by atoms with E-state index in [0.717, 1.165) is 39.6 Å². The van der Waals surface area contributed by atoms with Crippen LogP contribution in [0.15, 0.2) is 104 Å². The molecule has 0 unspecified atom stereocenters. The molecule has 0 saturated carbocycles. The number of halogens is 1. The van der Waals surface area contributed by atoms with Gasteiger partial charge in [0.1, 0.15) is 12.4 Å². The van der Waals surface area contributed by atoms with Gasteiger partial charge in [0.15, 0.2) is 11.6 Å². The molecule has 40 heavy (non-hydrogen) atoms. The predicted octanol–water partition coefficient (Wildman–Crippen LogP) is 6.55. The van der Waals surface area contributed by atoms with Crippen LogP contribution >= 0.6 is 0 Å². The molecule has 0 N–H and O–H groups in total. The summed E-state index contributed by atoms with van der Waals surface area (Å²) in [6, 6.07) is 22.2. The first kappa shape index (κ1) is 27.8. The van der Waals surface area contributed by atoms with Crippen LogP contribution in [0.1, 0.15) is 22.8 Å². The zero-order chi connectivity index (χ0) is 28.6. The maximum Gasteiger partial charge on any atom is 0.343 e. The number of carbonyl (C=O) groups excluding carboxylic acids is 3. The Labute approximate surface area is 230 Å². The fourth-order valence-corrected chi connectivity index (χ4v) is 3.66. The lowest BCUT2D eigenvalue weighted by Crippen LogP contribution is -2.10. The van der Waals surface area contributed by atoms with E-state index in [-0.39, 0.29) is 23.7 Å². The van der Waals surface area contributed by atoms with Crippen molar-refractivity contribution in [1.29, 1.82) is 0 Å². The SMILES string of the molecule is C=CC(=O)OCOc1ccc(OC(=O)c2ccc(-c3ccc4cc(COC(=O)C(=C)C)ccc4c3)cc2)c(F)c1. The third-order valence-corrected chi connectivity index (χ3v) is 5.78. The van der Waals surface area contributed by atoms with E-state index in [1.54, 1.807) is 31.2 Å². The molecule has 0 spiro atoms. The van der Waals surface area contributed by atoms with E-state index in [1.165, 1.54) is 12.1 Å². The van der Waals surface area contributed by atoms with Gasteiger partial charge < -0.3 is 18.9 Å². The Balaban J connectivity index is 1.39. The first-order valence-electron chi connectivity index (χ1n) is 12.1. The van der Waals surface area contributed by atoms with Gasteiger partial charge in [-0.2, -0.15) is 0 Å². The second-order valence-electron chi connectivity index (χ2n) is 8.74. The lowest BCUT2D eigenvalue weighted by molar-refractivity contribution is -0.144. The quantitative estimate of drug-likeness (QED) is 0.0975. The van der Waals surface area contributed by atoms with Gasteiger partial charge in [0.2, 0.25) is 6.79 Å². The predicted molar refractivity (Wildman–Crippen MR) is 147 cm³/mol. The summed E-state index contributed by atoms with van der Waals surface area (Å²) in [4.78, 5) is 35.3. The maximum atomic E-state index is 14.4. The van der Waals surface area contributed by atoms with E-state index in [4.69, 9.17) is 14.2 Å². The first-order chi connectivity index (χ1) is 19.2. The van der Waals surface area contributed by atoms with Gasteiger partial charge in [-0.15, -0.1) is 0 Å². The number of fused-ring (bicyclic) bond motifs is 1. The van der Waals surface area contributed by atoms with Crippen molar-refractivity contribution < 1.29 is 37.7 Å². The van der Waals surface area contributed by atoms with Crippen molar-refractivity contribution in [1.82, 2.24) is 0 Å². The summed E-state index contributed by atoms with van der Waals surface area (Å²) < 4.78 is 34.6. The molecule has 0 amide bonds. The van der Waals surface area contributed by atoms with Crippen molar-refractivity contribution in [3.8, 4) is 22.6 Å². The van der Waals surface area contributed by atoms with Gasteiger partial charge in [0, 0.05) is 17.7 Å². The molecular weight excluding hydrogens is 515 g/mol. The molecule has 7 nitrogen and oxygen atoms in total. The van der Waals surface area contributed by atoms with Crippen LogP contribution in [0.5, 0.6) is 11.5 Å². The van der Waals surface area contributed by atoms with Crippen LogP contribution in [-0.2, 0) is 25.7 Å². The normalized spacial score (nSPS) is 10.4. The number of rotatable bonds is 10. The Kier molecular flexibility index (Phi) is 8.71. The Morgan fingerprint density at radius 2 is 1.55 bits per heavy atom. The van der Waals surface area contributed by atoms with Crippen LogP contribution in [-0.4, -0.2) is 24.7 Å². The van der Waals surface area contributed by atoms with Crippen molar-refractivity contribution in [2.24, 2.45) is 0 Å². The highest BCUT2D eigenvalue weighted by atomic mass is 19.1. The molecule has 0 bridgehead atoms. The number of hydrogen-bond donors (Lipinski definition) is 0. The van der Waals surface area contributed by atoms with Crippen LogP contribution < -0.4 is 9.47 Å². The van der Waals surface area contributed by atoms with Crippen LogP contribution in [0.3, 0.4) is 0 Å². The highest BCUT2D eigenvalue weighted by Gasteiger charge is 2.14. The molecular formula is C32H25FO7. The fraction of sp³-hybridized carbons (Fsp3) is 0.0938. The lowest BCUT2D eigenvalue weighted by atomic mass is 9.99. The van der Waals surface area contributed by atoms with E-state index in [9.17, 15) is 18.8 Å². The molecule has 4 rings (SSSR count). The Morgan fingerprint density at radius 3 is 2.25 bits per heavy atom. The Morgan fingerprint density at radius 1 is 0.850 bits per heavy atom. The topological polar surface area (TPSA) is 88.1 Å². The minimum Gasteiger partial charge on any atom is -0.457 e. The molecule has 202 valence electrons. The number of benzene rings is 4. The molecule has 0 aliphatic carbocycles. The van der Waals surface area contributed by atoms with Crippen LogP contribution in [0.2, 0.25) is 0 Å². The molecule has 0 radical (unpaired) electrons. The van der Waals surface area contributed by atoms with E-state index >= 15 is 0 Å². The van der Waals surface area contributed by atoms with Gasteiger partial charge in [-0.05, 0) is 70.8 Å². The van der Waals surface area contributed by atoms with Crippen LogP contribution in [0, 0.1) is 5.82 Å². The highest BCUT2D eigenvalue weighted by molar-refractivity contribution is 5.92. The number of ether oxygens (including phenoxy) is 4. The second-order valence-corrected chi connectivity index (χ2v) is 8.74. The summed E-state index contributed by atoms with van der Waals surface area (Å²) in [6.45, 7) is 8.18. The van der Waals surface area contributed by atoms with Gasteiger partial charge in [-0.25, -0.2) is 18.8 Å². The number of carbonyl (C=O) groups is 3. The standard InChI is InChI=1S/C32H25FO7/c1-4-30(34)39-19-38-27-13-14-29(28(33)17-27)40-32(36)23-9-7-22(8-10-23)25-12-11-24-15-21(5-6-26(24)16-25)18-37-31(35)20(2)3/h4-17H,1-2,18-19H2,3H3. The first-order valence-corrected chi connectivity index (χ1v) is 12.1. The van der Waals surface area contributed by atoms with Crippen molar-refractivity contribution in [2.75, 3.05) is 6.79 Å². The van der Waals surface area contributed by atoms with E-state index in [1.807, 2.05) is 36.4 Å². The lowest BCUT2D eigenvalue weighted by Gasteiger charge is -2.10. The van der Waals surface area contributed by atoms with E-state index in [0.29, 0.717) is 5.57 Å². The van der Waals surface area contributed by atoms with Gasteiger partial charge in [-0.3, -0.25) is 0 Å². The summed E-state index contributed by atoms with van der Waals surface area (Å²) in [5.74, 6) is -2.82. The van der Waals surface area contributed by atoms with E-state index in [2.05, 4.69) is 17.9 Å². The zero-order valence-electron chi connectivity index (χ0n) is 21.6. The summed E-state index contributed by atoms with van der Waals surface area (Å²) in [7, 11) is 0.